The van der Waals surface area contributed by atoms with E-state index in [9.17, 15) is 8.42 Å². The van der Waals surface area contributed by atoms with Crippen molar-refractivity contribution in [3.63, 3.8) is 0 Å². The van der Waals surface area contributed by atoms with Gasteiger partial charge in [0.25, 0.3) is 0 Å². The second-order valence-electron chi connectivity index (χ2n) is 11.3. The van der Waals surface area contributed by atoms with E-state index in [1.165, 1.54) is 0 Å². The molecule has 1 aromatic rings. The first-order chi connectivity index (χ1) is 14.5. The van der Waals surface area contributed by atoms with Gasteiger partial charge in [0, 0.05) is 18.4 Å². The van der Waals surface area contributed by atoms with Crippen LogP contribution < -0.4 is 0 Å². The molecule has 0 spiro atoms. The molecule has 1 fully saturated rings. The fourth-order valence-corrected chi connectivity index (χ4v) is 12.9. The highest BCUT2D eigenvalue weighted by Gasteiger charge is 2.53. The van der Waals surface area contributed by atoms with Crippen molar-refractivity contribution in [1.82, 2.24) is 4.31 Å². The molecular weight excluding hydrogens is 430 g/mol. The molecule has 0 aliphatic carbocycles. The van der Waals surface area contributed by atoms with Crippen LogP contribution in [0.4, 0.5) is 0 Å². The van der Waals surface area contributed by atoms with Gasteiger partial charge in [-0.2, -0.15) is 4.31 Å². The molecular formula is C27H43NO2SSi. The third kappa shape index (κ3) is 4.51. The second kappa shape index (κ2) is 9.12. The van der Waals surface area contributed by atoms with Crippen LogP contribution in [0.5, 0.6) is 0 Å². The van der Waals surface area contributed by atoms with Crippen LogP contribution in [-0.2, 0) is 10.0 Å². The summed E-state index contributed by atoms with van der Waals surface area (Å²) < 4.78 is 28.7. The van der Waals surface area contributed by atoms with E-state index in [4.69, 9.17) is 0 Å². The van der Waals surface area contributed by atoms with Gasteiger partial charge >= 0.3 is 0 Å². The Labute approximate surface area is 198 Å². The van der Waals surface area contributed by atoms with Gasteiger partial charge < -0.3 is 0 Å². The zero-order valence-corrected chi connectivity index (χ0v) is 23.7. The van der Waals surface area contributed by atoms with Crippen molar-refractivity contribution in [1.29, 1.82) is 0 Å². The zero-order chi connectivity index (χ0) is 24.7. The second-order valence-corrected chi connectivity index (χ2v) is 18.7. The first kappa shape index (κ1) is 26.9. The molecule has 0 radical (unpaired) electrons. The molecule has 1 aliphatic heterocycles. The lowest BCUT2D eigenvalue weighted by molar-refractivity contribution is 0.308. The largest absolute Gasteiger partial charge is 0.243 e. The van der Waals surface area contributed by atoms with Crippen molar-refractivity contribution >= 4 is 18.1 Å². The van der Waals surface area contributed by atoms with Crippen LogP contribution in [0, 0.1) is 23.8 Å². The number of rotatable bonds is 6. The van der Waals surface area contributed by atoms with Gasteiger partial charge in [0.1, 0.15) is 8.07 Å². The van der Waals surface area contributed by atoms with E-state index in [2.05, 4.69) is 66.5 Å². The first-order valence-corrected chi connectivity index (χ1v) is 15.5. The van der Waals surface area contributed by atoms with E-state index < -0.39 is 23.6 Å². The molecule has 1 unspecified atom stereocenters. The van der Waals surface area contributed by atoms with Crippen LogP contribution in [0.3, 0.4) is 0 Å². The monoisotopic (exact) mass is 473 g/mol. The molecule has 178 valence electrons. The molecule has 3 nitrogen and oxygen atoms in total. The van der Waals surface area contributed by atoms with Gasteiger partial charge in [0.2, 0.25) is 10.0 Å². The van der Waals surface area contributed by atoms with Gasteiger partial charge in [0.05, 0.1) is 10.4 Å². The summed E-state index contributed by atoms with van der Waals surface area (Å²) in [7, 11) is -5.45. The summed E-state index contributed by atoms with van der Waals surface area (Å²) in [4.78, 5) is 0.338. The number of nitrogens with zero attached hydrogens (tertiary/aromatic N) is 1. The Kier molecular flexibility index (Phi) is 7.67. The average molecular weight is 474 g/mol. The van der Waals surface area contributed by atoms with Gasteiger partial charge in [-0.25, -0.2) is 8.42 Å². The van der Waals surface area contributed by atoms with Crippen molar-refractivity contribution in [3.05, 3.63) is 42.0 Å². The number of benzene rings is 1. The quantitative estimate of drug-likeness (QED) is 0.255. The summed E-state index contributed by atoms with van der Waals surface area (Å²) in [6, 6.07) is 7.10. The van der Waals surface area contributed by atoms with Crippen LogP contribution in [0.15, 0.2) is 41.3 Å². The molecule has 32 heavy (non-hydrogen) atoms. The molecule has 1 saturated heterocycles. The molecule has 0 saturated carbocycles. The summed E-state index contributed by atoms with van der Waals surface area (Å²) in [5.41, 5.74) is 6.47. The molecule has 0 amide bonds. The Morgan fingerprint density at radius 2 is 1.47 bits per heavy atom. The molecule has 0 aromatic heterocycles. The molecule has 1 aliphatic rings. The van der Waals surface area contributed by atoms with Gasteiger partial charge in [-0.3, -0.25) is 0 Å². The van der Waals surface area contributed by atoms with Crippen molar-refractivity contribution in [2.75, 3.05) is 6.54 Å². The number of hydrogen-bond acceptors (Lipinski definition) is 2. The standard InChI is InChI=1S/C27H43NO2SSi/c1-20(2)32(21(3)4,22(5)6)18-12-17-27(11)19-28(26(9,10)24(27)8)31(29,30)25-15-13-23(7)14-16-25/h13-16,20-22H,8,17,19H2,1-7,9-11H3. The molecule has 1 atom stereocenters. The lowest BCUT2D eigenvalue weighted by Crippen LogP contribution is -2.43. The average Bonchev–Trinajstić information content (AvgIpc) is 2.85. The summed E-state index contributed by atoms with van der Waals surface area (Å²) in [5, 5.41) is 0. The number of aryl methyl sites for hydroxylation is 1. The van der Waals surface area contributed by atoms with E-state index in [0.29, 0.717) is 34.5 Å². The topological polar surface area (TPSA) is 37.4 Å². The maximum absolute atomic E-state index is 13.6. The van der Waals surface area contributed by atoms with Crippen molar-refractivity contribution < 1.29 is 8.42 Å². The van der Waals surface area contributed by atoms with Crippen LogP contribution >= 0.6 is 0 Å². The smallest absolute Gasteiger partial charge is 0.207 e. The summed E-state index contributed by atoms with van der Waals surface area (Å²) in [6.45, 7) is 26.7. The van der Waals surface area contributed by atoms with E-state index >= 15 is 0 Å². The minimum Gasteiger partial charge on any atom is -0.207 e. The van der Waals surface area contributed by atoms with Crippen molar-refractivity contribution in [2.45, 2.75) is 103 Å². The van der Waals surface area contributed by atoms with Crippen LogP contribution in [-0.4, -0.2) is 32.9 Å². The fourth-order valence-electron chi connectivity index (χ4n) is 5.71. The summed E-state index contributed by atoms with van der Waals surface area (Å²) in [5.74, 6) is 3.57. The predicted molar refractivity (Wildman–Crippen MR) is 140 cm³/mol. The minimum atomic E-state index is -3.63. The first-order valence-electron chi connectivity index (χ1n) is 11.8. The van der Waals surface area contributed by atoms with Crippen LogP contribution in [0.2, 0.25) is 16.6 Å². The van der Waals surface area contributed by atoms with Crippen molar-refractivity contribution in [3.8, 4) is 11.5 Å². The molecule has 0 bridgehead atoms. The highest BCUT2D eigenvalue weighted by Crippen LogP contribution is 2.49. The Morgan fingerprint density at radius 3 is 1.91 bits per heavy atom. The maximum atomic E-state index is 13.6. The molecule has 1 heterocycles. The van der Waals surface area contributed by atoms with E-state index in [-0.39, 0.29) is 5.41 Å². The van der Waals surface area contributed by atoms with Gasteiger partial charge in [0.15, 0.2) is 0 Å². The third-order valence-electron chi connectivity index (χ3n) is 7.84. The molecule has 5 heteroatoms. The normalized spacial score (nSPS) is 22.0. The Bertz CT molecular complexity index is 988. The highest BCUT2D eigenvalue weighted by molar-refractivity contribution is 7.89. The SMILES string of the molecule is C=C1C(C)(CC#C[Si](C(C)C)(C(C)C)C(C)C)CN(S(=O)(=O)c2ccc(C)cc2)C1(C)C. The Balaban J connectivity index is 2.43. The predicted octanol–water partition coefficient (Wildman–Crippen LogP) is 6.95. The van der Waals surface area contributed by atoms with E-state index in [1.807, 2.05) is 32.9 Å². The Morgan fingerprint density at radius 1 is 1.00 bits per heavy atom. The van der Waals surface area contributed by atoms with Gasteiger partial charge in [-0.1, -0.05) is 72.7 Å². The lowest BCUT2D eigenvalue weighted by Gasteiger charge is -2.38. The molecule has 1 aromatic carbocycles. The maximum Gasteiger partial charge on any atom is 0.243 e. The summed E-state index contributed by atoms with van der Waals surface area (Å²) >= 11 is 0. The fraction of sp³-hybridized carbons (Fsp3) is 0.630. The zero-order valence-electron chi connectivity index (χ0n) is 21.8. The van der Waals surface area contributed by atoms with Gasteiger partial charge in [-0.15, -0.1) is 11.5 Å². The van der Waals surface area contributed by atoms with Crippen LogP contribution in [0.1, 0.15) is 74.3 Å². The lowest BCUT2D eigenvalue weighted by atomic mass is 9.77. The third-order valence-corrected chi connectivity index (χ3v) is 16.2. The van der Waals surface area contributed by atoms with Gasteiger partial charge in [-0.05, 0) is 55.1 Å². The van der Waals surface area contributed by atoms with Crippen molar-refractivity contribution in [2.24, 2.45) is 5.41 Å². The van der Waals surface area contributed by atoms with Crippen LogP contribution in [0.25, 0.3) is 0 Å². The van der Waals surface area contributed by atoms with E-state index in [1.54, 1.807) is 16.4 Å². The number of hydrogen-bond donors (Lipinski definition) is 0. The van der Waals surface area contributed by atoms with E-state index in [0.717, 1.165) is 11.1 Å². The number of sulfonamides is 1. The molecule has 0 N–H and O–H groups in total. The Hall–Kier alpha value is -1.35. The summed E-state index contributed by atoms with van der Waals surface area (Å²) in [6.07, 6.45) is 0.635. The minimum absolute atomic E-state index is 0.338. The molecule has 2 rings (SSSR count). The highest BCUT2D eigenvalue weighted by atomic mass is 32.2.